The monoisotopic (exact) mass is 299 g/mol. The highest BCUT2D eigenvalue weighted by Gasteiger charge is 2.22. The van der Waals surface area contributed by atoms with Gasteiger partial charge >= 0.3 is 0 Å². The first-order chi connectivity index (χ1) is 8.82. The Labute approximate surface area is 130 Å². The van der Waals surface area contributed by atoms with Gasteiger partial charge in [-0.1, -0.05) is 19.8 Å². The van der Waals surface area contributed by atoms with Crippen LogP contribution in [0.2, 0.25) is 0 Å². The molecule has 0 amide bonds. The van der Waals surface area contributed by atoms with Gasteiger partial charge in [-0.05, 0) is 74.4 Å². The topological polar surface area (TPSA) is 46.2 Å². The predicted octanol–water partition coefficient (Wildman–Crippen LogP) is 4.20. The summed E-state index contributed by atoms with van der Waals surface area (Å²) >= 11 is 0. The molecule has 0 saturated heterocycles. The zero-order valence-corrected chi connectivity index (χ0v) is 14.5. The molecule has 1 rings (SSSR count). The summed E-state index contributed by atoms with van der Waals surface area (Å²) in [7, 11) is 0. The summed E-state index contributed by atoms with van der Waals surface area (Å²) in [6.07, 6.45) is 2.45. The summed E-state index contributed by atoms with van der Waals surface area (Å²) in [5, 5.41) is 10.3. The molecule has 0 bridgehead atoms. The molecule has 0 aliphatic heterocycles. The highest BCUT2D eigenvalue weighted by atomic mass is 35.5. The molecule has 20 heavy (non-hydrogen) atoms. The third kappa shape index (κ3) is 3.75. The van der Waals surface area contributed by atoms with E-state index in [1.165, 1.54) is 27.8 Å². The molecule has 0 fully saturated rings. The van der Waals surface area contributed by atoms with E-state index in [1.807, 2.05) is 0 Å². The third-order valence-corrected chi connectivity index (χ3v) is 4.66. The molecule has 1 aromatic rings. The van der Waals surface area contributed by atoms with Crippen molar-refractivity contribution in [3.63, 3.8) is 0 Å². The van der Waals surface area contributed by atoms with Crippen molar-refractivity contribution < 1.29 is 5.11 Å². The summed E-state index contributed by atoms with van der Waals surface area (Å²) in [4.78, 5) is 0. The summed E-state index contributed by atoms with van der Waals surface area (Å²) in [5.74, 6) is 0. The van der Waals surface area contributed by atoms with Crippen LogP contribution < -0.4 is 5.73 Å². The predicted molar refractivity (Wildman–Crippen MR) is 89.8 cm³/mol. The highest BCUT2D eigenvalue weighted by molar-refractivity contribution is 5.85. The first-order valence-corrected chi connectivity index (χ1v) is 7.33. The van der Waals surface area contributed by atoms with Gasteiger partial charge in [-0.3, -0.25) is 0 Å². The van der Waals surface area contributed by atoms with Gasteiger partial charge in [0, 0.05) is 0 Å². The average molecular weight is 300 g/mol. The van der Waals surface area contributed by atoms with E-state index in [2.05, 4.69) is 41.5 Å². The molecule has 0 aliphatic rings. The molecule has 0 heterocycles. The summed E-state index contributed by atoms with van der Waals surface area (Å²) < 4.78 is 0. The van der Waals surface area contributed by atoms with Gasteiger partial charge in [0.2, 0.25) is 0 Å². The molecule has 2 atom stereocenters. The van der Waals surface area contributed by atoms with E-state index >= 15 is 0 Å². The van der Waals surface area contributed by atoms with Crippen LogP contribution in [0.1, 0.15) is 65.6 Å². The maximum Gasteiger partial charge on any atom is 0.0733 e. The quantitative estimate of drug-likeness (QED) is 0.856. The SMILES string of the molecule is CCCC[C@@H](O)[C@@H](N)c1c(C)c(C)c(C)c(C)c1C.Cl. The van der Waals surface area contributed by atoms with Gasteiger partial charge in [0.25, 0.3) is 0 Å². The molecule has 1 aromatic carbocycles. The van der Waals surface area contributed by atoms with Gasteiger partial charge in [-0.15, -0.1) is 12.4 Å². The second kappa shape index (κ2) is 8.02. The summed E-state index contributed by atoms with van der Waals surface area (Å²) in [6, 6.07) is -0.274. The van der Waals surface area contributed by atoms with Gasteiger partial charge in [0.05, 0.1) is 12.1 Å². The number of rotatable bonds is 5. The number of unbranched alkanes of at least 4 members (excludes halogenated alkanes) is 1. The first-order valence-electron chi connectivity index (χ1n) is 7.33. The molecule has 0 saturated carbocycles. The van der Waals surface area contributed by atoms with Crippen LogP contribution in [0.25, 0.3) is 0 Å². The fraction of sp³-hybridized carbons (Fsp3) is 0.647. The number of halogens is 1. The molecule has 116 valence electrons. The minimum Gasteiger partial charge on any atom is -0.391 e. The smallest absolute Gasteiger partial charge is 0.0733 e. The van der Waals surface area contributed by atoms with E-state index < -0.39 is 6.10 Å². The molecule has 0 aromatic heterocycles. The van der Waals surface area contributed by atoms with Crippen molar-refractivity contribution in [1.82, 2.24) is 0 Å². The number of benzene rings is 1. The van der Waals surface area contributed by atoms with E-state index in [4.69, 9.17) is 5.73 Å². The molecule has 0 aliphatic carbocycles. The lowest BCUT2D eigenvalue weighted by molar-refractivity contribution is 0.132. The van der Waals surface area contributed by atoms with Crippen molar-refractivity contribution in [3.8, 4) is 0 Å². The van der Waals surface area contributed by atoms with Gasteiger partial charge in [0.1, 0.15) is 0 Å². The van der Waals surface area contributed by atoms with Crippen molar-refractivity contribution in [2.24, 2.45) is 5.73 Å². The van der Waals surface area contributed by atoms with E-state index in [-0.39, 0.29) is 18.4 Å². The van der Waals surface area contributed by atoms with Crippen molar-refractivity contribution in [2.45, 2.75) is 73.0 Å². The van der Waals surface area contributed by atoms with Crippen molar-refractivity contribution in [2.75, 3.05) is 0 Å². The Morgan fingerprint density at radius 1 is 0.900 bits per heavy atom. The van der Waals surface area contributed by atoms with Crippen LogP contribution in [-0.2, 0) is 0 Å². The zero-order chi connectivity index (χ0) is 14.7. The second-order valence-corrected chi connectivity index (χ2v) is 5.77. The van der Waals surface area contributed by atoms with Crippen LogP contribution in [-0.4, -0.2) is 11.2 Å². The Bertz CT molecular complexity index is 428. The van der Waals surface area contributed by atoms with E-state index in [0.29, 0.717) is 0 Å². The molecular formula is C17H30ClNO. The fourth-order valence-electron chi connectivity index (χ4n) is 2.81. The van der Waals surface area contributed by atoms with E-state index in [1.54, 1.807) is 0 Å². The first kappa shape index (κ1) is 19.4. The number of hydrogen-bond acceptors (Lipinski definition) is 2. The standard InChI is InChI=1S/C17H29NO.ClH/c1-7-8-9-15(19)17(18)16-13(5)11(3)10(2)12(4)14(16)6;/h15,17,19H,7-9,18H2,1-6H3;1H/t15-,17-;/m1./s1. The minimum atomic E-state index is -0.446. The Morgan fingerprint density at radius 3 is 1.70 bits per heavy atom. The summed E-state index contributed by atoms with van der Waals surface area (Å²) in [5.41, 5.74) is 13.9. The van der Waals surface area contributed by atoms with Crippen LogP contribution in [0, 0.1) is 34.6 Å². The van der Waals surface area contributed by atoms with Crippen LogP contribution in [0.15, 0.2) is 0 Å². The molecule has 0 unspecified atom stereocenters. The normalized spacial score (nSPS) is 13.8. The zero-order valence-electron chi connectivity index (χ0n) is 13.7. The molecular weight excluding hydrogens is 270 g/mol. The lowest BCUT2D eigenvalue weighted by Crippen LogP contribution is -2.28. The van der Waals surface area contributed by atoms with Gasteiger partial charge < -0.3 is 10.8 Å². The van der Waals surface area contributed by atoms with Crippen molar-refractivity contribution in [3.05, 3.63) is 33.4 Å². The minimum absolute atomic E-state index is 0. The molecule has 0 radical (unpaired) electrons. The largest absolute Gasteiger partial charge is 0.391 e. The van der Waals surface area contributed by atoms with Crippen molar-refractivity contribution in [1.29, 1.82) is 0 Å². The van der Waals surface area contributed by atoms with Crippen LogP contribution in [0.5, 0.6) is 0 Å². The van der Waals surface area contributed by atoms with Crippen molar-refractivity contribution >= 4 is 12.4 Å². The maximum absolute atomic E-state index is 10.3. The average Bonchev–Trinajstić information content (AvgIpc) is 2.40. The van der Waals surface area contributed by atoms with Crippen LogP contribution in [0.4, 0.5) is 0 Å². The summed E-state index contributed by atoms with van der Waals surface area (Å²) in [6.45, 7) is 12.8. The Hall–Kier alpha value is -0.570. The lowest BCUT2D eigenvalue weighted by atomic mass is 9.84. The maximum atomic E-state index is 10.3. The van der Waals surface area contributed by atoms with Crippen LogP contribution in [0.3, 0.4) is 0 Å². The molecule has 2 nitrogen and oxygen atoms in total. The molecule has 3 N–H and O–H groups in total. The fourth-order valence-corrected chi connectivity index (χ4v) is 2.81. The molecule has 0 spiro atoms. The Morgan fingerprint density at radius 2 is 1.30 bits per heavy atom. The number of aliphatic hydroxyl groups excluding tert-OH is 1. The van der Waals surface area contributed by atoms with E-state index in [9.17, 15) is 5.11 Å². The number of hydrogen-bond donors (Lipinski definition) is 2. The molecule has 3 heteroatoms. The number of nitrogens with two attached hydrogens (primary N) is 1. The van der Waals surface area contributed by atoms with Gasteiger partial charge in [-0.25, -0.2) is 0 Å². The van der Waals surface area contributed by atoms with Crippen LogP contribution >= 0.6 is 12.4 Å². The second-order valence-electron chi connectivity index (χ2n) is 5.77. The Kier molecular flexibility index (Phi) is 7.79. The Balaban J connectivity index is 0.00000361. The van der Waals surface area contributed by atoms with Gasteiger partial charge in [-0.2, -0.15) is 0 Å². The lowest BCUT2D eigenvalue weighted by Gasteiger charge is -2.26. The van der Waals surface area contributed by atoms with E-state index in [0.717, 1.165) is 24.8 Å². The highest BCUT2D eigenvalue weighted by Crippen LogP contribution is 2.31. The van der Waals surface area contributed by atoms with Gasteiger partial charge in [0.15, 0.2) is 0 Å². The third-order valence-electron chi connectivity index (χ3n) is 4.66. The number of aliphatic hydroxyl groups is 1.